The molecular formula is C9H18O2. The molecule has 1 saturated heterocycles. The van der Waals surface area contributed by atoms with Gasteiger partial charge < -0.3 is 9.47 Å². The van der Waals surface area contributed by atoms with Gasteiger partial charge in [0, 0.05) is 13.0 Å². The first-order valence-corrected chi connectivity index (χ1v) is 4.43. The van der Waals surface area contributed by atoms with Crippen molar-refractivity contribution in [2.45, 2.75) is 51.9 Å². The molecule has 0 amide bonds. The van der Waals surface area contributed by atoms with E-state index in [-0.39, 0.29) is 11.9 Å². The summed E-state index contributed by atoms with van der Waals surface area (Å²) >= 11 is 0. The predicted octanol–water partition coefficient (Wildman–Crippen LogP) is 2.33. The summed E-state index contributed by atoms with van der Waals surface area (Å²) in [6.45, 7) is 7.19. The van der Waals surface area contributed by atoms with Gasteiger partial charge in [0.05, 0.1) is 5.60 Å². The van der Waals surface area contributed by atoms with Crippen LogP contribution in [0.15, 0.2) is 0 Å². The van der Waals surface area contributed by atoms with Gasteiger partial charge in [-0.15, -0.1) is 0 Å². The molecule has 0 spiro atoms. The molecule has 11 heavy (non-hydrogen) atoms. The van der Waals surface area contributed by atoms with Gasteiger partial charge in [-0.25, -0.2) is 0 Å². The zero-order valence-corrected chi connectivity index (χ0v) is 7.72. The third kappa shape index (κ3) is 2.80. The molecule has 2 heteroatoms. The van der Waals surface area contributed by atoms with Gasteiger partial charge in [-0.3, -0.25) is 0 Å². The minimum Gasteiger partial charge on any atom is -0.353 e. The van der Waals surface area contributed by atoms with E-state index in [1.54, 1.807) is 0 Å². The molecule has 1 aliphatic rings. The Labute approximate surface area is 68.9 Å². The SMILES string of the molecule is CCCCOC1CC(C)(C)O1. The summed E-state index contributed by atoms with van der Waals surface area (Å²) in [4.78, 5) is 0. The molecule has 0 N–H and O–H groups in total. The molecule has 0 saturated carbocycles. The molecule has 2 nitrogen and oxygen atoms in total. The van der Waals surface area contributed by atoms with E-state index in [0.29, 0.717) is 0 Å². The standard InChI is InChI=1S/C9H18O2/c1-4-5-6-10-8-7-9(2,3)11-8/h8H,4-7H2,1-3H3. The molecule has 1 atom stereocenters. The third-order valence-electron chi connectivity index (χ3n) is 1.91. The van der Waals surface area contributed by atoms with Crippen LogP contribution in [-0.2, 0) is 9.47 Å². The summed E-state index contributed by atoms with van der Waals surface area (Å²) in [6, 6.07) is 0. The number of ether oxygens (including phenoxy) is 2. The second-order valence-corrected chi connectivity index (χ2v) is 3.74. The van der Waals surface area contributed by atoms with Crippen molar-refractivity contribution in [3.05, 3.63) is 0 Å². The van der Waals surface area contributed by atoms with Crippen molar-refractivity contribution in [3.8, 4) is 0 Å². The lowest BCUT2D eigenvalue weighted by molar-refractivity contribution is -0.295. The average molecular weight is 158 g/mol. The Hall–Kier alpha value is -0.0800. The van der Waals surface area contributed by atoms with Crippen LogP contribution >= 0.6 is 0 Å². The van der Waals surface area contributed by atoms with Gasteiger partial charge in [0.15, 0.2) is 6.29 Å². The maximum absolute atomic E-state index is 5.45. The van der Waals surface area contributed by atoms with Gasteiger partial charge in [-0.2, -0.15) is 0 Å². The fraction of sp³-hybridized carbons (Fsp3) is 1.00. The highest BCUT2D eigenvalue weighted by Crippen LogP contribution is 2.32. The number of rotatable bonds is 4. The second-order valence-electron chi connectivity index (χ2n) is 3.74. The van der Waals surface area contributed by atoms with Gasteiger partial charge in [-0.05, 0) is 20.3 Å². The smallest absolute Gasteiger partial charge is 0.161 e. The molecular weight excluding hydrogens is 140 g/mol. The van der Waals surface area contributed by atoms with Crippen LogP contribution in [0.3, 0.4) is 0 Å². The van der Waals surface area contributed by atoms with Crippen molar-refractivity contribution in [1.29, 1.82) is 0 Å². The molecule has 1 unspecified atom stereocenters. The van der Waals surface area contributed by atoms with Crippen LogP contribution in [0.5, 0.6) is 0 Å². The Morgan fingerprint density at radius 1 is 1.55 bits per heavy atom. The molecule has 1 fully saturated rings. The first kappa shape index (κ1) is 9.01. The molecule has 0 aliphatic carbocycles. The fourth-order valence-corrected chi connectivity index (χ4v) is 1.20. The van der Waals surface area contributed by atoms with E-state index in [4.69, 9.17) is 9.47 Å². The first-order chi connectivity index (χ1) is 5.14. The van der Waals surface area contributed by atoms with Gasteiger partial charge in [0.2, 0.25) is 0 Å². The van der Waals surface area contributed by atoms with E-state index in [2.05, 4.69) is 20.8 Å². The van der Waals surface area contributed by atoms with E-state index >= 15 is 0 Å². The Balaban J connectivity index is 1.96. The van der Waals surface area contributed by atoms with Crippen LogP contribution in [0.4, 0.5) is 0 Å². The van der Waals surface area contributed by atoms with Crippen molar-refractivity contribution in [2.75, 3.05) is 6.61 Å². The number of unbranched alkanes of at least 4 members (excludes halogenated alkanes) is 1. The highest BCUT2D eigenvalue weighted by Gasteiger charge is 2.37. The molecule has 0 aromatic carbocycles. The highest BCUT2D eigenvalue weighted by molar-refractivity contribution is 4.80. The molecule has 0 radical (unpaired) electrons. The van der Waals surface area contributed by atoms with Gasteiger partial charge in [0.25, 0.3) is 0 Å². The fourth-order valence-electron chi connectivity index (χ4n) is 1.20. The molecule has 0 bridgehead atoms. The molecule has 1 aliphatic heterocycles. The summed E-state index contributed by atoms with van der Waals surface area (Å²) in [5.74, 6) is 0. The molecule has 66 valence electrons. The van der Waals surface area contributed by atoms with Crippen LogP contribution in [0.2, 0.25) is 0 Å². The minimum atomic E-state index is 0.0664. The van der Waals surface area contributed by atoms with Crippen LogP contribution < -0.4 is 0 Å². The van der Waals surface area contributed by atoms with Crippen LogP contribution in [0.25, 0.3) is 0 Å². The zero-order valence-electron chi connectivity index (χ0n) is 7.72. The monoisotopic (exact) mass is 158 g/mol. The number of hydrogen-bond donors (Lipinski definition) is 0. The lowest BCUT2D eigenvalue weighted by atomic mass is 9.99. The van der Waals surface area contributed by atoms with Gasteiger partial charge >= 0.3 is 0 Å². The van der Waals surface area contributed by atoms with Crippen molar-refractivity contribution in [1.82, 2.24) is 0 Å². The maximum atomic E-state index is 5.45. The largest absolute Gasteiger partial charge is 0.353 e. The lowest BCUT2D eigenvalue weighted by Gasteiger charge is -2.42. The Bertz CT molecular complexity index is 113. The van der Waals surface area contributed by atoms with E-state index in [1.165, 1.54) is 6.42 Å². The summed E-state index contributed by atoms with van der Waals surface area (Å²) in [6.07, 6.45) is 3.45. The van der Waals surface area contributed by atoms with E-state index in [1.807, 2.05) is 0 Å². The van der Waals surface area contributed by atoms with Gasteiger partial charge in [-0.1, -0.05) is 13.3 Å². The summed E-state index contributed by atoms with van der Waals surface area (Å²) in [7, 11) is 0. The van der Waals surface area contributed by atoms with Gasteiger partial charge in [0.1, 0.15) is 0 Å². The molecule has 0 aromatic rings. The van der Waals surface area contributed by atoms with Crippen LogP contribution in [-0.4, -0.2) is 18.5 Å². The normalized spacial score (nSPS) is 28.1. The van der Waals surface area contributed by atoms with Crippen molar-refractivity contribution < 1.29 is 9.47 Å². The summed E-state index contributed by atoms with van der Waals surface area (Å²) < 4.78 is 10.9. The predicted molar refractivity (Wildman–Crippen MR) is 44.4 cm³/mol. The molecule has 0 aromatic heterocycles. The summed E-state index contributed by atoms with van der Waals surface area (Å²) in [5, 5.41) is 0. The van der Waals surface area contributed by atoms with E-state index in [0.717, 1.165) is 19.4 Å². The van der Waals surface area contributed by atoms with Crippen molar-refractivity contribution in [2.24, 2.45) is 0 Å². The van der Waals surface area contributed by atoms with Crippen LogP contribution in [0, 0.1) is 0 Å². The first-order valence-electron chi connectivity index (χ1n) is 4.43. The topological polar surface area (TPSA) is 18.5 Å². The number of hydrogen-bond acceptors (Lipinski definition) is 2. The van der Waals surface area contributed by atoms with Crippen LogP contribution in [0.1, 0.15) is 40.0 Å². The van der Waals surface area contributed by atoms with Crippen molar-refractivity contribution in [3.63, 3.8) is 0 Å². The third-order valence-corrected chi connectivity index (χ3v) is 1.91. The quantitative estimate of drug-likeness (QED) is 0.585. The van der Waals surface area contributed by atoms with E-state index in [9.17, 15) is 0 Å². The Kier molecular flexibility index (Phi) is 2.90. The average Bonchev–Trinajstić information content (AvgIpc) is 1.84. The Morgan fingerprint density at radius 2 is 2.18 bits per heavy atom. The maximum Gasteiger partial charge on any atom is 0.161 e. The van der Waals surface area contributed by atoms with E-state index < -0.39 is 0 Å². The Morgan fingerprint density at radius 3 is 2.64 bits per heavy atom. The molecule has 1 rings (SSSR count). The highest BCUT2D eigenvalue weighted by atomic mass is 16.7. The zero-order chi connectivity index (χ0) is 8.32. The molecule has 1 heterocycles. The summed E-state index contributed by atoms with van der Waals surface area (Å²) in [5.41, 5.74) is 0.0664. The second kappa shape index (κ2) is 3.55. The lowest BCUT2D eigenvalue weighted by Crippen LogP contribution is -2.47. The van der Waals surface area contributed by atoms with Crippen molar-refractivity contribution >= 4 is 0 Å². The minimum absolute atomic E-state index is 0.0664.